The second-order valence-corrected chi connectivity index (χ2v) is 4.60. The van der Waals surface area contributed by atoms with E-state index in [9.17, 15) is 0 Å². The molecule has 0 radical (unpaired) electrons. The molecule has 1 atom stereocenters. The molecule has 1 heterocycles. The Morgan fingerprint density at radius 1 is 1.00 bits per heavy atom. The number of para-hydroxylation sites is 1. The van der Waals surface area contributed by atoms with Gasteiger partial charge in [-0.1, -0.05) is 48.5 Å². The van der Waals surface area contributed by atoms with Gasteiger partial charge in [0.15, 0.2) is 0 Å². The van der Waals surface area contributed by atoms with Crippen molar-refractivity contribution in [3.63, 3.8) is 0 Å². The quantitative estimate of drug-likeness (QED) is 0.554. The van der Waals surface area contributed by atoms with Crippen LogP contribution in [0.2, 0.25) is 0 Å². The largest absolute Gasteiger partial charge is 0.464 e. The van der Waals surface area contributed by atoms with Gasteiger partial charge in [0.2, 0.25) is 0 Å². The summed E-state index contributed by atoms with van der Waals surface area (Å²) in [6, 6.07) is 18.4. The molecule has 1 unspecified atom stereocenters. The van der Waals surface area contributed by atoms with Gasteiger partial charge in [0.25, 0.3) is 0 Å². The maximum Gasteiger partial charge on any atom is 0.134 e. The number of nitrogens with two attached hydrogens (primary N) is 1. The van der Waals surface area contributed by atoms with Crippen LogP contribution in [-0.2, 0) is 6.42 Å². The Hall–Kier alpha value is -2.10. The first-order valence-electron chi connectivity index (χ1n) is 6.34. The first-order chi connectivity index (χ1) is 9.38. The molecule has 0 bridgehead atoms. The standard InChI is InChI=1S/C16H16N2O/c17-18-15(10-12-6-2-1-3-7-12)14-11-19-16-9-5-4-8-13(14)16/h1-9,11,15,18H,10,17H2. The molecule has 0 aliphatic heterocycles. The first-order valence-corrected chi connectivity index (χ1v) is 6.34. The van der Waals surface area contributed by atoms with Gasteiger partial charge in [-0.05, 0) is 18.1 Å². The van der Waals surface area contributed by atoms with Crippen LogP contribution in [0.3, 0.4) is 0 Å². The molecule has 3 N–H and O–H groups in total. The lowest BCUT2D eigenvalue weighted by Gasteiger charge is -2.14. The molecule has 3 rings (SSSR count). The maximum absolute atomic E-state index is 5.71. The topological polar surface area (TPSA) is 51.2 Å². The van der Waals surface area contributed by atoms with Crippen LogP contribution in [0.4, 0.5) is 0 Å². The summed E-state index contributed by atoms with van der Waals surface area (Å²) < 4.78 is 5.57. The third kappa shape index (κ3) is 2.38. The lowest BCUT2D eigenvalue weighted by Crippen LogP contribution is -2.29. The molecule has 0 amide bonds. The van der Waals surface area contributed by atoms with Crippen molar-refractivity contribution >= 4 is 11.0 Å². The number of benzene rings is 2. The van der Waals surface area contributed by atoms with E-state index >= 15 is 0 Å². The Morgan fingerprint density at radius 2 is 1.74 bits per heavy atom. The predicted octanol–water partition coefficient (Wildman–Crippen LogP) is 3.18. The molecule has 96 valence electrons. The second kappa shape index (κ2) is 5.26. The van der Waals surface area contributed by atoms with Crippen molar-refractivity contribution in [3.05, 3.63) is 72.0 Å². The van der Waals surface area contributed by atoms with E-state index in [0.29, 0.717) is 0 Å². The van der Waals surface area contributed by atoms with Gasteiger partial charge in [-0.25, -0.2) is 0 Å². The minimum atomic E-state index is 0.0473. The van der Waals surface area contributed by atoms with E-state index in [1.807, 2.05) is 36.4 Å². The SMILES string of the molecule is NNC(Cc1ccccc1)c1coc2ccccc12. The molecule has 3 heteroatoms. The third-order valence-electron chi connectivity index (χ3n) is 3.37. The lowest BCUT2D eigenvalue weighted by atomic mass is 9.99. The molecule has 0 saturated heterocycles. The van der Waals surface area contributed by atoms with Gasteiger partial charge in [-0.3, -0.25) is 11.3 Å². The highest BCUT2D eigenvalue weighted by Gasteiger charge is 2.16. The van der Waals surface area contributed by atoms with Gasteiger partial charge in [0.05, 0.1) is 12.3 Å². The minimum absolute atomic E-state index is 0.0473. The molecule has 3 nitrogen and oxygen atoms in total. The fourth-order valence-electron chi connectivity index (χ4n) is 2.38. The number of nitrogens with one attached hydrogen (secondary N) is 1. The van der Waals surface area contributed by atoms with E-state index in [1.165, 1.54) is 5.56 Å². The van der Waals surface area contributed by atoms with Crippen molar-refractivity contribution in [2.45, 2.75) is 12.5 Å². The number of hydrazine groups is 1. The number of rotatable bonds is 4. The average Bonchev–Trinajstić information content (AvgIpc) is 2.90. The molecule has 1 aromatic heterocycles. The summed E-state index contributed by atoms with van der Waals surface area (Å²) in [5.74, 6) is 5.71. The monoisotopic (exact) mass is 252 g/mol. The highest BCUT2D eigenvalue weighted by molar-refractivity contribution is 5.81. The van der Waals surface area contributed by atoms with E-state index < -0.39 is 0 Å². The average molecular weight is 252 g/mol. The molecule has 3 aromatic rings. The van der Waals surface area contributed by atoms with Crippen LogP contribution < -0.4 is 11.3 Å². The number of furan rings is 1. The molecule has 0 aliphatic carbocycles. The van der Waals surface area contributed by atoms with Crippen LogP contribution in [0.25, 0.3) is 11.0 Å². The first kappa shape index (κ1) is 12.0. The summed E-state index contributed by atoms with van der Waals surface area (Å²) in [5, 5.41) is 1.11. The van der Waals surface area contributed by atoms with Crippen molar-refractivity contribution in [3.8, 4) is 0 Å². The van der Waals surface area contributed by atoms with E-state index in [-0.39, 0.29) is 6.04 Å². The minimum Gasteiger partial charge on any atom is -0.464 e. The lowest BCUT2D eigenvalue weighted by molar-refractivity contribution is 0.536. The van der Waals surface area contributed by atoms with Gasteiger partial charge >= 0.3 is 0 Å². The van der Waals surface area contributed by atoms with Gasteiger partial charge in [-0.2, -0.15) is 0 Å². The van der Waals surface area contributed by atoms with Crippen molar-refractivity contribution in [1.29, 1.82) is 0 Å². The van der Waals surface area contributed by atoms with Crippen LogP contribution >= 0.6 is 0 Å². The fraction of sp³-hybridized carbons (Fsp3) is 0.125. The Kier molecular flexibility index (Phi) is 3.31. The van der Waals surface area contributed by atoms with Crippen LogP contribution in [-0.4, -0.2) is 0 Å². The number of hydrogen-bond donors (Lipinski definition) is 2. The van der Waals surface area contributed by atoms with E-state index in [4.69, 9.17) is 10.3 Å². The van der Waals surface area contributed by atoms with Crippen LogP contribution in [0.15, 0.2) is 65.3 Å². The summed E-state index contributed by atoms with van der Waals surface area (Å²) in [5.41, 5.74) is 6.12. The molecule has 0 fully saturated rings. The number of hydrogen-bond acceptors (Lipinski definition) is 3. The molecule has 0 saturated carbocycles. The third-order valence-corrected chi connectivity index (χ3v) is 3.37. The molecule has 0 aliphatic rings. The smallest absolute Gasteiger partial charge is 0.134 e. The van der Waals surface area contributed by atoms with Crippen molar-refractivity contribution in [2.75, 3.05) is 0 Å². The Balaban J connectivity index is 1.94. The van der Waals surface area contributed by atoms with Crippen molar-refractivity contribution in [1.82, 2.24) is 5.43 Å². The number of fused-ring (bicyclic) bond motifs is 1. The van der Waals surface area contributed by atoms with E-state index in [0.717, 1.165) is 23.0 Å². The van der Waals surface area contributed by atoms with Gasteiger partial charge in [0, 0.05) is 10.9 Å². The Labute approximate surface area is 112 Å². The highest BCUT2D eigenvalue weighted by atomic mass is 16.3. The summed E-state index contributed by atoms with van der Waals surface area (Å²) in [6.45, 7) is 0. The zero-order valence-corrected chi connectivity index (χ0v) is 10.5. The zero-order valence-electron chi connectivity index (χ0n) is 10.5. The van der Waals surface area contributed by atoms with Crippen molar-refractivity contribution in [2.24, 2.45) is 5.84 Å². The zero-order chi connectivity index (χ0) is 13.1. The maximum atomic E-state index is 5.71. The normalized spacial score (nSPS) is 12.7. The predicted molar refractivity (Wildman–Crippen MR) is 76.4 cm³/mol. The molecule has 19 heavy (non-hydrogen) atoms. The van der Waals surface area contributed by atoms with E-state index in [1.54, 1.807) is 6.26 Å². The molecule has 2 aromatic carbocycles. The summed E-state index contributed by atoms with van der Waals surface area (Å²) >= 11 is 0. The van der Waals surface area contributed by atoms with Crippen LogP contribution in [0, 0.1) is 0 Å². The fourth-order valence-corrected chi connectivity index (χ4v) is 2.38. The summed E-state index contributed by atoms with van der Waals surface area (Å²) in [6.07, 6.45) is 2.62. The molecular formula is C16H16N2O. The Morgan fingerprint density at radius 3 is 2.53 bits per heavy atom. The van der Waals surface area contributed by atoms with Gasteiger partial charge in [0.1, 0.15) is 5.58 Å². The van der Waals surface area contributed by atoms with E-state index in [2.05, 4.69) is 23.6 Å². The molecule has 0 spiro atoms. The van der Waals surface area contributed by atoms with Crippen LogP contribution in [0.1, 0.15) is 17.2 Å². The van der Waals surface area contributed by atoms with Gasteiger partial charge in [-0.15, -0.1) is 0 Å². The van der Waals surface area contributed by atoms with Crippen LogP contribution in [0.5, 0.6) is 0 Å². The van der Waals surface area contributed by atoms with Crippen molar-refractivity contribution < 1.29 is 4.42 Å². The highest BCUT2D eigenvalue weighted by Crippen LogP contribution is 2.27. The molecular weight excluding hydrogens is 236 g/mol. The van der Waals surface area contributed by atoms with Gasteiger partial charge < -0.3 is 4.42 Å². The Bertz CT molecular complexity index is 661. The summed E-state index contributed by atoms with van der Waals surface area (Å²) in [7, 11) is 0. The second-order valence-electron chi connectivity index (χ2n) is 4.60. The summed E-state index contributed by atoms with van der Waals surface area (Å²) in [4.78, 5) is 0.